The van der Waals surface area contributed by atoms with Crippen molar-refractivity contribution in [3.8, 4) is 11.5 Å². The highest BCUT2D eigenvalue weighted by Gasteiger charge is 2.24. The zero-order chi connectivity index (χ0) is 37.4. The second-order valence-corrected chi connectivity index (χ2v) is 12.0. The zero-order valence-electron chi connectivity index (χ0n) is 31.4. The van der Waals surface area contributed by atoms with E-state index in [1.165, 1.54) is 0 Å². The number of amides is 1. The molecular weight excluding hydrogens is 642 g/mol. The predicted molar refractivity (Wildman–Crippen MR) is 206 cm³/mol. The SMILES string of the molecule is CCC=CCC=CCC=CCC=CCC=CCC=CCCC(=O)NC(Cc1ccc(OC(=O)CCC)c(OC(=O)CCC)c1)C(=O)OCCCC. The van der Waals surface area contributed by atoms with Crippen molar-refractivity contribution in [1.29, 1.82) is 0 Å². The Morgan fingerprint density at radius 1 is 0.627 bits per heavy atom. The van der Waals surface area contributed by atoms with E-state index in [1.807, 2.05) is 32.9 Å². The lowest BCUT2D eigenvalue weighted by atomic mass is 10.0. The Labute approximate surface area is 306 Å². The molecule has 1 unspecified atom stereocenters. The molecule has 0 saturated heterocycles. The quantitative estimate of drug-likeness (QED) is 0.0421. The van der Waals surface area contributed by atoms with Crippen LogP contribution in [-0.4, -0.2) is 36.5 Å². The number of rotatable bonds is 27. The maximum Gasteiger partial charge on any atom is 0.328 e. The van der Waals surface area contributed by atoms with E-state index in [1.54, 1.807) is 18.2 Å². The Bertz CT molecular complexity index is 1340. The summed E-state index contributed by atoms with van der Waals surface area (Å²) in [6.45, 7) is 8.12. The molecule has 280 valence electrons. The lowest BCUT2D eigenvalue weighted by molar-refractivity contribution is -0.148. The summed E-state index contributed by atoms with van der Waals surface area (Å²) in [5.74, 6) is -1.47. The molecule has 51 heavy (non-hydrogen) atoms. The van der Waals surface area contributed by atoms with Crippen LogP contribution in [0.4, 0.5) is 0 Å². The molecule has 1 aromatic carbocycles. The summed E-state index contributed by atoms with van der Waals surface area (Å²) in [5.41, 5.74) is 0.610. The van der Waals surface area contributed by atoms with Crippen LogP contribution in [0.5, 0.6) is 11.5 Å². The van der Waals surface area contributed by atoms with Crippen LogP contribution in [0, 0.1) is 0 Å². The average molecular weight is 704 g/mol. The van der Waals surface area contributed by atoms with E-state index in [4.69, 9.17) is 14.2 Å². The van der Waals surface area contributed by atoms with E-state index in [-0.39, 0.29) is 49.7 Å². The molecule has 8 heteroatoms. The summed E-state index contributed by atoms with van der Waals surface area (Å²) in [6, 6.07) is 3.85. The molecular formula is C43H61NO7. The Morgan fingerprint density at radius 3 is 1.65 bits per heavy atom. The number of nitrogens with one attached hydrogen (secondary N) is 1. The summed E-state index contributed by atoms with van der Waals surface area (Å²) >= 11 is 0. The van der Waals surface area contributed by atoms with Crippen LogP contribution in [0.15, 0.2) is 91.1 Å². The number of ether oxygens (including phenoxy) is 3. The summed E-state index contributed by atoms with van der Waals surface area (Å²) in [4.78, 5) is 50.4. The largest absolute Gasteiger partial charge is 0.464 e. The van der Waals surface area contributed by atoms with Crippen molar-refractivity contribution in [2.24, 2.45) is 0 Å². The third-order valence-corrected chi connectivity index (χ3v) is 7.30. The molecule has 1 rings (SSSR count). The highest BCUT2D eigenvalue weighted by Crippen LogP contribution is 2.30. The Morgan fingerprint density at radius 2 is 1.14 bits per heavy atom. The first-order chi connectivity index (χ1) is 24.8. The smallest absolute Gasteiger partial charge is 0.328 e. The van der Waals surface area contributed by atoms with E-state index in [0.29, 0.717) is 31.2 Å². The topological polar surface area (TPSA) is 108 Å². The highest BCUT2D eigenvalue weighted by atomic mass is 16.6. The number of carbonyl (C=O) groups excluding carboxylic acids is 4. The van der Waals surface area contributed by atoms with Gasteiger partial charge in [-0.05, 0) is 81.9 Å². The van der Waals surface area contributed by atoms with E-state index < -0.39 is 23.9 Å². The van der Waals surface area contributed by atoms with Crippen molar-refractivity contribution in [3.63, 3.8) is 0 Å². The van der Waals surface area contributed by atoms with Crippen LogP contribution in [-0.2, 0) is 30.3 Å². The molecule has 0 heterocycles. The van der Waals surface area contributed by atoms with Gasteiger partial charge in [-0.25, -0.2) is 4.79 Å². The Kier molecular flexibility index (Phi) is 26.5. The van der Waals surface area contributed by atoms with E-state index in [2.05, 4.69) is 73.0 Å². The second kappa shape index (κ2) is 30.4. The van der Waals surface area contributed by atoms with Gasteiger partial charge in [0.25, 0.3) is 0 Å². The number of hydrogen-bond donors (Lipinski definition) is 1. The van der Waals surface area contributed by atoms with Gasteiger partial charge in [0, 0.05) is 25.7 Å². The third kappa shape index (κ3) is 23.6. The van der Waals surface area contributed by atoms with E-state index >= 15 is 0 Å². The minimum Gasteiger partial charge on any atom is -0.464 e. The van der Waals surface area contributed by atoms with Crippen LogP contribution >= 0.6 is 0 Å². The van der Waals surface area contributed by atoms with Crippen LogP contribution in [0.25, 0.3) is 0 Å². The van der Waals surface area contributed by atoms with E-state index in [9.17, 15) is 19.2 Å². The first-order valence-electron chi connectivity index (χ1n) is 18.7. The van der Waals surface area contributed by atoms with Crippen molar-refractivity contribution in [1.82, 2.24) is 5.32 Å². The van der Waals surface area contributed by atoms with Gasteiger partial charge >= 0.3 is 17.9 Å². The van der Waals surface area contributed by atoms with Crippen molar-refractivity contribution >= 4 is 23.8 Å². The first-order valence-corrected chi connectivity index (χ1v) is 18.7. The molecule has 0 aliphatic heterocycles. The van der Waals surface area contributed by atoms with Crippen molar-refractivity contribution in [2.75, 3.05) is 6.61 Å². The second-order valence-electron chi connectivity index (χ2n) is 12.0. The van der Waals surface area contributed by atoms with Gasteiger partial charge in [0.15, 0.2) is 11.5 Å². The molecule has 1 aromatic rings. The molecule has 0 saturated carbocycles. The molecule has 0 aliphatic rings. The first kappa shape index (κ1) is 44.6. The van der Waals surface area contributed by atoms with Gasteiger partial charge < -0.3 is 19.5 Å². The lowest BCUT2D eigenvalue weighted by Gasteiger charge is -2.19. The normalized spacial score (nSPS) is 12.5. The van der Waals surface area contributed by atoms with Crippen molar-refractivity contribution in [2.45, 2.75) is 130 Å². The van der Waals surface area contributed by atoms with Crippen LogP contribution in [0.1, 0.15) is 123 Å². The third-order valence-electron chi connectivity index (χ3n) is 7.30. The molecule has 8 nitrogen and oxygen atoms in total. The van der Waals surface area contributed by atoms with E-state index in [0.717, 1.165) is 44.9 Å². The van der Waals surface area contributed by atoms with Gasteiger partial charge in [0.1, 0.15) is 6.04 Å². The maximum absolute atomic E-state index is 13.0. The van der Waals surface area contributed by atoms with Crippen LogP contribution in [0.2, 0.25) is 0 Å². The summed E-state index contributed by atoms with van der Waals surface area (Å²) < 4.78 is 16.4. The average Bonchev–Trinajstić information content (AvgIpc) is 3.10. The van der Waals surface area contributed by atoms with Gasteiger partial charge in [-0.3, -0.25) is 14.4 Å². The Hall–Kier alpha value is -4.46. The minimum atomic E-state index is -0.938. The zero-order valence-corrected chi connectivity index (χ0v) is 31.4. The summed E-state index contributed by atoms with van der Waals surface area (Å²) in [7, 11) is 0. The number of esters is 3. The fourth-order valence-corrected chi connectivity index (χ4v) is 4.57. The Balaban J connectivity index is 2.66. The predicted octanol–water partition coefficient (Wildman–Crippen LogP) is 9.95. The number of benzene rings is 1. The molecule has 0 bridgehead atoms. The molecule has 1 N–H and O–H groups in total. The molecule has 0 fully saturated rings. The summed E-state index contributed by atoms with van der Waals surface area (Å²) in [6.07, 6.45) is 35.3. The van der Waals surface area contributed by atoms with Gasteiger partial charge in [0.05, 0.1) is 6.61 Å². The molecule has 0 radical (unpaired) electrons. The van der Waals surface area contributed by atoms with Gasteiger partial charge in [-0.2, -0.15) is 0 Å². The molecule has 1 amide bonds. The fraction of sp³-hybridized carbons (Fsp3) is 0.488. The molecule has 0 aromatic heterocycles. The highest BCUT2D eigenvalue weighted by molar-refractivity contribution is 5.85. The molecule has 0 aliphatic carbocycles. The molecule has 1 atom stereocenters. The monoisotopic (exact) mass is 703 g/mol. The minimum absolute atomic E-state index is 0.0949. The van der Waals surface area contributed by atoms with Gasteiger partial charge in [-0.15, -0.1) is 0 Å². The van der Waals surface area contributed by atoms with Crippen LogP contribution in [0.3, 0.4) is 0 Å². The summed E-state index contributed by atoms with van der Waals surface area (Å²) in [5, 5.41) is 2.82. The maximum atomic E-state index is 13.0. The van der Waals surface area contributed by atoms with Crippen LogP contribution < -0.4 is 14.8 Å². The lowest BCUT2D eigenvalue weighted by Crippen LogP contribution is -2.43. The van der Waals surface area contributed by atoms with Crippen molar-refractivity contribution < 1.29 is 33.4 Å². The fourth-order valence-electron chi connectivity index (χ4n) is 4.57. The van der Waals surface area contributed by atoms with Gasteiger partial charge in [0.2, 0.25) is 5.91 Å². The number of carbonyl (C=O) groups is 4. The van der Waals surface area contributed by atoms with Gasteiger partial charge in [-0.1, -0.05) is 113 Å². The number of allylic oxidation sites excluding steroid dienone is 12. The number of unbranched alkanes of at least 4 members (excludes halogenated alkanes) is 1. The molecule has 0 spiro atoms. The standard InChI is InChI=1S/C43H61NO7/c1-5-9-11-12-13-14-15-16-17-18-19-20-21-22-23-24-25-26-27-30-40(45)44-37(43(48)49-33-10-6-2)34-36-31-32-38(50-41(46)28-7-3)39(35-36)51-42(47)29-8-4/h9,11,13-14,16-17,19-20,22-23,25-26,31-32,35,37H,5-8,10,12,15,18,21,24,27-30,33-34H2,1-4H3,(H,44,45). The number of hydrogen-bond acceptors (Lipinski definition) is 7. The van der Waals surface area contributed by atoms with Crippen molar-refractivity contribution in [3.05, 3.63) is 96.7 Å².